The van der Waals surface area contributed by atoms with Gasteiger partial charge in [0, 0.05) is 12.2 Å². The highest BCUT2D eigenvalue weighted by molar-refractivity contribution is 6.20. The third-order valence-electron chi connectivity index (χ3n) is 3.38. The number of carbonyl (C=O) groups is 1. The number of benzene rings is 2. The molecule has 3 rings (SSSR count). The molecule has 0 bridgehead atoms. The summed E-state index contributed by atoms with van der Waals surface area (Å²) in [5, 5.41) is 14.0. The van der Waals surface area contributed by atoms with Gasteiger partial charge in [-0.2, -0.15) is 0 Å². The molecule has 1 saturated heterocycles. The van der Waals surface area contributed by atoms with Gasteiger partial charge < -0.3 is 10.6 Å². The van der Waals surface area contributed by atoms with E-state index >= 15 is 0 Å². The molecule has 0 aliphatic carbocycles. The summed E-state index contributed by atoms with van der Waals surface area (Å²) in [6.07, 6.45) is 0.508. The third kappa shape index (κ3) is 3.64. The van der Waals surface area contributed by atoms with Crippen molar-refractivity contribution in [1.82, 2.24) is 16.0 Å². The van der Waals surface area contributed by atoms with Crippen molar-refractivity contribution in [3.8, 4) is 0 Å². The van der Waals surface area contributed by atoms with Gasteiger partial charge in [-0.05, 0) is 29.3 Å². The van der Waals surface area contributed by atoms with Crippen LogP contribution in [0.1, 0.15) is 6.42 Å². The van der Waals surface area contributed by atoms with Crippen molar-refractivity contribution in [3.05, 3.63) is 42.5 Å². The summed E-state index contributed by atoms with van der Waals surface area (Å²) in [6.45, 7) is 0.766. The van der Waals surface area contributed by atoms with Crippen molar-refractivity contribution in [1.29, 1.82) is 0 Å². The number of amides is 2. The fourth-order valence-electron chi connectivity index (χ4n) is 2.34. The fourth-order valence-corrected chi connectivity index (χ4v) is 2.57. The summed E-state index contributed by atoms with van der Waals surface area (Å²) < 4.78 is 0. The van der Waals surface area contributed by atoms with E-state index in [2.05, 4.69) is 21.3 Å². The summed E-state index contributed by atoms with van der Waals surface area (Å²) >= 11 is 6.00. The van der Waals surface area contributed by atoms with Crippen LogP contribution in [-0.4, -0.2) is 24.4 Å². The van der Waals surface area contributed by atoms with E-state index in [9.17, 15) is 4.79 Å². The zero-order valence-corrected chi connectivity index (χ0v) is 12.2. The summed E-state index contributed by atoms with van der Waals surface area (Å²) in [6, 6.07) is 13.6. The fraction of sp³-hybridized carbons (Fsp3) is 0.267. The zero-order valence-electron chi connectivity index (χ0n) is 11.4. The van der Waals surface area contributed by atoms with E-state index in [0.29, 0.717) is 0 Å². The minimum absolute atomic E-state index is 0.128. The molecule has 2 unspecified atom stereocenters. The first-order chi connectivity index (χ1) is 10.2. The number of anilines is 1. The van der Waals surface area contributed by atoms with Crippen LogP contribution >= 0.6 is 11.6 Å². The first kappa shape index (κ1) is 14.1. The second kappa shape index (κ2) is 6.30. The largest absolute Gasteiger partial charge is 0.321 e. The highest BCUT2D eigenvalue weighted by Crippen LogP contribution is 2.18. The van der Waals surface area contributed by atoms with Crippen molar-refractivity contribution in [2.45, 2.75) is 18.2 Å². The zero-order chi connectivity index (χ0) is 14.7. The highest BCUT2D eigenvalue weighted by Gasteiger charge is 2.19. The van der Waals surface area contributed by atoms with Gasteiger partial charge in [0.1, 0.15) is 6.29 Å². The molecule has 2 aromatic carbocycles. The topological polar surface area (TPSA) is 65.2 Å². The first-order valence-corrected chi connectivity index (χ1v) is 7.34. The summed E-state index contributed by atoms with van der Waals surface area (Å²) in [5.74, 6) is 0. The first-order valence-electron chi connectivity index (χ1n) is 6.90. The Labute approximate surface area is 128 Å². The van der Waals surface area contributed by atoms with Crippen molar-refractivity contribution in [2.75, 3.05) is 11.9 Å². The standard InChI is InChI=1S/C15H17ClN4O/c16-13-7-8-17-14(19-13)20-15(21)18-12-6-5-10-3-1-2-4-11(10)9-12/h1-6,9,13-14,17,19H,7-8H2,(H2,18,20,21). The monoisotopic (exact) mass is 304 g/mol. The molecule has 2 amide bonds. The van der Waals surface area contributed by atoms with Gasteiger partial charge in [0.2, 0.25) is 0 Å². The van der Waals surface area contributed by atoms with Crippen molar-refractivity contribution >= 4 is 34.1 Å². The molecule has 1 aliphatic rings. The number of rotatable bonds is 2. The number of hydrogen-bond donors (Lipinski definition) is 4. The van der Waals surface area contributed by atoms with Gasteiger partial charge in [0.15, 0.2) is 0 Å². The molecular weight excluding hydrogens is 288 g/mol. The molecule has 5 nitrogen and oxygen atoms in total. The van der Waals surface area contributed by atoms with Gasteiger partial charge in [-0.3, -0.25) is 10.6 Å². The number of carbonyl (C=O) groups excluding carboxylic acids is 1. The van der Waals surface area contributed by atoms with Crippen molar-refractivity contribution in [3.63, 3.8) is 0 Å². The van der Waals surface area contributed by atoms with Crippen LogP contribution in [0.25, 0.3) is 10.8 Å². The molecule has 0 radical (unpaired) electrons. The highest BCUT2D eigenvalue weighted by atomic mass is 35.5. The molecule has 1 fully saturated rings. The summed E-state index contributed by atoms with van der Waals surface area (Å²) in [4.78, 5) is 12.0. The lowest BCUT2D eigenvalue weighted by Crippen LogP contribution is -2.61. The Balaban J connectivity index is 1.63. The lowest BCUT2D eigenvalue weighted by molar-refractivity contribution is 0.235. The Morgan fingerprint density at radius 2 is 2.00 bits per heavy atom. The predicted octanol–water partition coefficient (Wildman–Crippen LogP) is 2.39. The number of urea groups is 1. The minimum Gasteiger partial charge on any atom is -0.310 e. The summed E-state index contributed by atoms with van der Waals surface area (Å²) in [7, 11) is 0. The molecule has 21 heavy (non-hydrogen) atoms. The average Bonchev–Trinajstić information content (AvgIpc) is 2.47. The smallest absolute Gasteiger partial charge is 0.310 e. The second-order valence-electron chi connectivity index (χ2n) is 4.97. The van der Waals surface area contributed by atoms with Gasteiger partial charge in [-0.1, -0.05) is 30.3 Å². The molecule has 4 N–H and O–H groups in total. The molecule has 1 aliphatic heterocycles. The second-order valence-corrected chi connectivity index (χ2v) is 5.50. The summed E-state index contributed by atoms with van der Waals surface area (Å²) in [5.41, 5.74) is 0.627. The van der Waals surface area contributed by atoms with Crippen LogP contribution in [0.2, 0.25) is 0 Å². The maximum absolute atomic E-state index is 12.0. The number of alkyl halides is 1. The van der Waals surface area contributed by atoms with Crippen LogP contribution in [0.15, 0.2) is 42.5 Å². The van der Waals surface area contributed by atoms with E-state index in [1.54, 1.807) is 0 Å². The number of hydrogen-bond acceptors (Lipinski definition) is 3. The molecule has 0 spiro atoms. The van der Waals surface area contributed by atoms with E-state index in [4.69, 9.17) is 11.6 Å². The van der Waals surface area contributed by atoms with Crippen LogP contribution in [0.3, 0.4) is 0 Å². The number of fused-ring (bicyclic) bond motifs is 1. The van der Waals surface area contributed by atoms with E-state index < -0.39 is 0 Å². The maximum atomic E-state index is 12.0. The van der Waals surface area contributed by atoms with Crippen LogP contribution in [-0.2, 0) is 0 Å². The van der Waals surface area contributed by atoms with Crippen molar-refractivity contribution < 1.29 is 4.79 Å². The van der Waals surface area contributed by atoms with Crippen LogP contribution in [0.5, 0.6) is 0 Å². The van der Waals surface area contributed by atoms with Crippen LogP contribution in [0, 0.1) is 0 Å². The molecule has 2 aromatic rings. The van der Waals surface area contributed by atoms with E-state index in [-0.39, 0.29) is 17.8 Å². The molecule has 2 atom stereocenters. The lowest BCUT2D eigenvalue weighted by Gasteiger charge is -2.29. The Morgan fingerprint density at radius 1 is 1.19 bits per heavy atom. The van der Waals surface area contributed by atoms with Gasteiger partial charge in [0.05, 0.1) is 5.50 Å². The minimum atomic E-state index is -0.318. The van der Waals surface area contributed by atoms with Gasteiger partial charge in [-0.25, -0.2) is 4.79 Å². The molecule has 6 heteroatoms. The van der Waals surface area contributed by atoms with E-state index in [1.165, 1.54) is 0 Å². The van der Waals surface area contributed by atoms with Gasteiger partial charge in [0.25, 0.3) is 0 Å². The molecular formula is C15H17ClN4O. The lowest BCUT2D eigenvalue weighted by atomic mass is 10.1. The molecule has 0 aromatic heterocycles. The van der Waals surface area contributed by atoms with Crippen molar-refractivity contribution in [2.24, 2.45) is 0 Å². The van der Waals surface area contributed by atoms with Gasteiger partial charge >= 0.3 is 6.03 Å². The number of nitrogens with one attached hydrogen (secondary N) is 4. The average molecular weight is 305 g/mol. The maximum Gasteiger partial charge on any atom is 0.321 e. The Hall–Kier alpha value is -1.82. The van der Waals surface area contributed by atoms with E-state index in [0.717, 1.165) is 29.4 Å². The Kier molecular flexibility index (Phi) is 4.24. The Bertz CT molecular complexity index is 648. The molecule has 110 valence electrons. The van der Waals surface area contributed by atoms with Crippen LogP contribution in [0.4, 0.5) is 10.5 Å². The number of halogens is 1. The quantitative estimate of drug-likeness (QED) is 0.509. The normalized spacial score (nSPS) is 22.0. The third-order valence-corrected chi connectivity index (χ3v) is 3.72. The van der Waals surface area contributed by atoms with E-state index in [1.807, 2.05) is 42.5 Å². The van der Waals surface area contributed by atoms with Crippen LogP contribution < -0.4 is 21.3 Å². The Morgan fingerprint density at radius 3 is 2.81 bits per heavy atom. The molecule has 1 heterocycles. The van der Waals surface area contributed by atoms with Gasteiger partial charge in [-0.15, -0.1) is 11.6 Å². The SMILES string of the molecule is O=C(Nc1ccc2ccccc2c1)NC1NCCC(Cl)N1. The predicted molar refractivity (Wildman–Crippen MR) is 85.3 cm³/mol. The molecule has 0 saturated carbocycles.